The molecule has 3 N–H and O–H groups in total. The van der Waals surface area contributed by atoms with Crippen LogP contribution in [0.25, 0.3) is 22.4 Å². The van der Waals surface area contributed by atoms with Crippen molar-refractivity contribution in [2.24, 2.45) is 5.73 Å². The summed E-state index contributed by atoms with van der Waals surface area (Å²) in [6, 6.07) is 16.9. The highest BCUT2D eigenvalue weighted by atomic mass is 19.4. The quantitative estimate of drug-likeness (QED) is 0.234. The number of oxazole rings is 1. The molecule has 5 rings (SSSR count). The van der Waals surface area contributed by atoms with Gasteiger partial charge in [-0.3, -0.25) is 4.79 Å². The number of rotatable bonds is 8. The molecule has 0 radical (unpaired) electrons. The first kappa shape index (κ1) is 27.6. The fourth-order valence-electron chi connectivity index (χ4n) is 4.13. The number of halogens is 3. The van der Waals surface area contributed by atoms with Crippen molar-refractivity contribution in [3.63, 3.8) is 0 Å². The van der Waals surface area contributed by atoms with E-state index in [0.717, 1.165) is 11.6 Å². The molecular weight excluding hydrogens is 539 g/mol. The van der Waals surface area contributed by atoms with E-state index in [4.69, 9.17) is 19.6 Å². The molecule has 9 nitrogen and oxygen atoms in total. The normalized spacial score (nSPS) is 12.2. The second-order valence-corrected chi connectivity index (χ2v) is 9.03. The Hall–Kier alpha value is -4.97. The van der Waals surface area contributed by atoms with Gasteiger partial charge in [-0.1, -0.05) is 18.2 Å². The summed E-state index contributed by atoms with van der Waals surface area (Å²) in [5.41, 5.74) is 6.01. The maximum atomic E-state index is 13.3. The molecule has 0 saturated carbocycles. The first-order chi connectivity index (χ1) is 19.6. The first-order valence-electron chi connectivity index (χ1n) is 12.4. The highest BCUT2D eigenvalue weighted by Crippen LogP contribution is 2.37. The van der Waals surface area contributed by atoms with E-state index in [-0.39, 0.29) is 35.2 Å². The summed E-state index contributed by atoms with van der Waals surface area (Å²) in [7, 11) is 1.33. The average Bonchev–Trinajstić information content (AvgIpc) is 3.41. The molecule has 3 aromatic heterocycles. The molecule has 0 fully saturated rings. The van der Waals surface area contributed by atoms with Gasteiger partial charge >= 0.3 is 6.18 Å². The van der Waals surface area contributed by atoms with Gasteiger partial charge in [0, 0.05) is 29.8 Å². The molecule has 0 aliphatic rings. The molecule has 12 heteroatoms. The number of methoxy groups -OCH3 is 1. The van der Waals surface area contributed by atoms with Crippen LogP contribution < -0.4 is 20.5 Å². The lowest BCUT2D eigenvalue weighted by Crippen LogP contribution is -2.25. The van der Waals surface area contributed by atoms with E-state index in [1.807, 2.05) is 6.07 Å². The van der Waals surface area contributed by atoms with Crippen molar-refractivity contribution in [2.45, 2.75) is 25.7 Å². The van der Waals surface area contributed by atoms with Crippen LogP contribution in [-0.4, -0.2) is 28.0 Å². The van der Waals surface area contributed by atoms with Gasteiger partial charge < -0.3 is 24.9 Å². The highest BCUT2D eigenvalue weighted by molar-refractivity contribution is 5.98. The van der Waals surface area contributed by atoms with Gasteiger partial charge in [-0.25, -0.2) is 15.0 Å². The smallest absolute Gasteiger partial charge is 0.433 e. The summed E-state index contributed by atoms with van der Waals surface area (Å²) in [6.45, 7) is 1.78. The molecule has 0 aliphatic heterocycles. The molecule has 0 saturated heterocycles. The van der Waals surface area contributed by atoms with Gasteiger partial charge in [-0.05, 0) is 55.0 Å². The van der Waals surface area contributed by atoms with E-state index < -0.39 is 23.8 Å². The van der Waals surface area contributed by atoms with Gasteiger partial charge in [0.15, 0.2) is 11.5 Å². The van der Waals surface area contributed by atoms with Gasteiger partial charge in [0.05, 0.1) is 13.2 Å². The second kappa shape index (κ2) is 11.3. The van der Waals surface area contributed by atoms with Crippen molar-refractivity contribution in [2.75, 3.05) is 7.11 Å². The van der Waals surface area contributed by atoms with Crippen LogP contribution in [0.5, 0.6) is 17.4 Å². The number of nitrogens with two attached hydrogens (primary N) is 1. The molecule has 3 heterocycles. The maximum absolute atomic E-state index is 13.3. The third-order valence-electron chi connectivity index (χ3n) is 6.05. The fraction of sp³-hybridized carbons (Fsp3) is 0.172. The number of hydrogen-bond donors (Lipinski definition) is 2. The Bertz CT molecular complexity index is 1700. The van der Waals surface area contributed by atoms with Crippen molar-refractivity contribution in [1.29, 1.82) is 0 Å². The molecule has 5 aromatic rings. The molecule has 1 atom stereocenters. The van der Waals surface area contributed by atoms with Crippen LogP contribution in [-0.2, 0) is 12.7 Å². The number of aromatic nitrogens is 3. The lowest BCUT2D eigenvalue weighted by atomic mass is 10.1. The van der Waals surface area contributed by atoms with Crippen LogP contribution in [0.4, 0.5) is 13.2 Å². The van der Waals surface area contributed by atoms with Gasteiger partial charge in [-0.2, -0.15) is 13.2 Å². The Balaban J connectivity index is 1.42. The number of ether oxygens (including phenoxy) is 2. The number of benzene rings is 2. The molecule has 2 aromatic carbocycles. The third kappa shape index (κ3) is 5.97. The van der Waals surface area contributed by atoms with E-state index in [0.29, 0.717) is 22.6 Å². The Morgan fingerprint density at radius 2 is 1.90 bits per heavy atom. The monoisotopic (exact) mass is 563 g/mol. The minimum atomic E-state index is -4.64. The number of fused-ring (bicyclic) bond motifs is 1. The van der Waals surface area contributed by atoms with E-state index >= 15 is 0 Å². The number of hydrogen-bond acceptors (Lipinski definition) is 8. The number of nitrogens with one attached hydrogen (secondary N) is 1. The Kier molecular flexibility index (Phi) is 7.58. The zero-order valence-corrected chi connectivity index (χ0v) is 21.9. The molecule has 1 amide bonds. The van der Waals surface area contributed by atoms with E-state index in [2.05, 4.69) is 20.3 Å². The molecule has 210 valence electrons. The van der Waals surface area contributed by atoms with Crippen molar-refractivity contribution in [3.05, 3.63) is 95.6 Å². The lowest BCUT2D eigenvalue weighted by molar-refractivity contribution is -0.140. The summed E-state index contributed by atoms with van der Waals surface area (Å²) < 4.78 is 56.8. The van der Waals surface area contributed by atoms with Crippen molar-refractivity contribution >= 4 is 16.8 Å². The molecule has 0 aliphatic carbocycles. The Morgan fingerprint density at radius 1 is 1.07 bits per heavy atom. The van der Waals surface area contributed by atoms with Crippen LogP contribution in [0.1, 0.15) is 40.5 Å². The SMILES string of the molecule is COc1ccc(-c2nc(C(=O)NCc3cccc(Oc4ccccn4)c3)c([C@H](C)N)o2)c2ccc(C(F)(F)F)nc12. The zero-order valence-electron chi connectivity index (χ0n) is 21.9. The summed E-state index contributed by atoms with van der Waals surface area (Å²) >= 11 is 0. The van der Waals surface area contributed by atoms with Gasteiger partial charge in [0.1, 0.15) is 22.7 Å². The van der Waals surface area contributed by atoms with Crippen molar-refractivity contribution in [1.82, 2.24) is 20.3 Å². The van der Waals surface area contributed by atoms with Crippen LogP contribution in [0.3, 0.4) is 0 Å². The Labute approximate surface area is 232 Å². The number of carbonyl (C=O) groups excluding carboxylic acids is 1. The minimum absolute atomic E-state index is 0.00224. The molecule has 0 bridgehead atoms. The largest absolute Gasteiger partial charge is 0.494 e. The van der Waals surface area contributed by atoms with Crippen LogP contribution in [0.2, 0.25) is 0 Å². The number of pyridine rings is 2. The summed E-state index contributed by atoms with van der Waals surface area (Å²) in [5.74, 6) is 0.695. The third-order valence-corrected chi connectivity index (χ3v) is 6.05. The number of amides is 1. The summed E-state index contributed by atoms with van der Waals surface area (Å²) in [5, 5.41) is 3.10. The molecule has 0 spiro atoms. The first-order valence-corrected chi connectivity index (χ1v) is 12.4. The minimum Gasteiger partial charge on any atom is -0.494 e. The predicted octanol–water partition coefficient (Wildman–Crippen LogP) is 6.05. The average molecular weight is 564 g/mol. The van der Waals surface area contributed by atoms with Gasteiger partial charge in [-0.15, -0.1) is 0 Å². The summed E-state index contributed by atoms with van der Waals surface area (Å²) in [4.78, 5) is 25.5. The summed E-state index contributed by atoms with van der Waals surface area (Å²) in [6.07, 6.45) is -3.03. The predicted molar refractivity (Wildman–Crippen MR) is 143 cm³/mol. The molecular formula is C29H24F3N5O4. The van der Waals surface area contributed by atoms with Crippen LogP contribution in [0, 0.1) is 0 Å². The van der Waals surface area contributed by atoms with E-state index in [1.54, 1.807) is 55.6 Å². The van der Waals surface area contributed by atoms with Crippen LogP contribution >= 0.6 is 0 Å². The lowest BCUT2D eigenvalue weighted by Gasteiger charge is -2.11. The van der Waals surface area contributed by atoms with Gasteiger partial charge in [0.25, 0.3) is 5.91 Å². The zero-order chi connectivity index (χ0) is 29.1. The maximum Gasteiger partial charge on any atom is 0.433 e. The van der Waals surface area contributed by atoms with E-state index in [1.165, 1.54) is 19.2 Å². The second-order valence-electron chi connectivity index (χ2n) is 9.03. The number of nitrogens with zero attached hydrogens (tertiary/aromatic N) is 3. The molecule has 41 heavy (non-hydrogen) atoms. The van der Waals surface area contributed by atoms with Crippen LogP contribution in [0.15, 0.2) is 77.3 Å². The molecule has 0 unspecified atom stereocenters. The highest BCUT2D eigenvalue weighted by Gasteiger charge is 2.33. The number of carbonyl (C=O) groups is 1. The van der Waals surface area contributed by atoms with Gasteiger partial charge in [0.2, 0.25) is 11.8 Å². The Morgan fingerprint density at radius 3 is 2.61 bits per heavy atom. The standard InChI is InChI=1S/C29H24F3N5O4/c1-16(33)26-25(27(38)35-15-17-6-5-7-18(14-17)40-23-8-3-4-13-34-23)37-28(41-26)20-9-11-21(39-2)24-19(20)10-12-22(36-24)29(30,31)32/h3-14,16H,15,33H2,1-2H3,(H,35,38)/t16-/m0/s1. The fourth-order valence-corrected chi connectivity index (χ4v) is 4.13. The van der Waals surface area contributed by atoms with E-state index in [9.17, 15) is 18.0 Å². The van der Waals surface area contributed by atoms with Crippen molar-refractivity contribution in [3.8, 4) is 28.8 Å². The number of alkyl halides is 3. The topological polar surface area (TPSA) is 125 Å². The van der Waals surface area contributed by atoms with Crippen molar-refractivity contribution < 1.29 is 31.9 Å².